The number of para-hydroxylation sites is 1. The van der Waals surface area contributed by atoms with Gasteiger partial charge in [-0.15, -0.1) is 0 Å². The van der Waals surface area contributed by atoms with E-state index in [0.29, 0.717) is 18.7 Å². The zero-order valence-corrected chi connectivity index (χ0v) is 13.3. The summed E-state index contributed by atoms with van der Waals surface area (Å²) >= 11 is 0. The number of carbonyl (C=O) groups excluding carboxylic acids is 1. The second kappa shape index (κ2) is 6.75. The van der Waals surface area contributed by atoms with Crippen LogP contribution in [0.4, 0.5) is 0 Å². The molecule has 2 rings (SSSR count). The van der Waals surface area contributed by atoms with Crippen LogP contribution in [0.25, 0.3) is 5.69 Å². The second-order valence-corrected chi connectivity index (χ2v) is 6.38. The maximum absolute atomic E-state index is 12.2. The summed E-state index contributed by atoms with van der Waals surface area (Å²) in [6, 6.07) is 11.3. The summed E-state index contributed by atoms with van der Waals surface area (Å²) in [5, 5.41) is 16.7. The van der Waals surface area contributed by atoms with Gasteiger partial charge in [-0.3, -0.25) is 4.79 Å². The summed E-state index contributed by atoms with van der Waals surface area (Å²) in [4.78, 5) is 12.2. The lowest BCUT2D eigenvalue weighted by Gasteiger charge is -2.26. The minimum atomic E-state index is -0.385. The Kier molecular flexibility index (Phi) is 4.98. The predicted molar refractivity (Wildman–Crippen MR) is 86.0 cm³/mol. The van der Waals surface area contributed by atoms with Crippen LogP contribution in [0.5, 0.6) is 0 Å². The molecule has 5 nitrogen and oxygen atoms in total. The number of benzene rings is 1. The topological polar surface area (TPSA) is 67.2 Å². The molecule has 22 heavy (non-hydrogen) atoms. The fourth-order valence-electron chi connectivity index (χ4n) is 2.45. The Morgan fingerprint density at radius 1 is 1.32 bits per heavy atom. The molecule has 1 amide bonds. The van der Waals surface area contributed by atoms with Crippen molar-refractivity contribution in [3.05, 3.63) is 48.3 Å². The Labute approximate surface area is 131 Å². The van der Waals surface area contributed by atoms with E-state index in [4.69, 9.17) is 0 Å². The lowest BCUT2D eigenvalue weighted by molar-refractivity contribution is 0.0897. The molecule has 1 aromatic heterocycles. The van der Waals surface area contributed by atoms with Crippen molar-refractivity contribution in [3.8, 4) is 5.69 Å². The number of aliphatic hydroxyl groups is 1. The van der Waals surface area contributed by atoms with E-state index in [1.807, 2.05) is 44.2 Å². The number of nitrogens with one attached hydrogen (secondary N) is 1. The van der Waals surface area contributed by atoms with Crippen molar-refractivity contribution in [2.45, 2.75) is 33.3 Å². The summed E-state index contributed by atoms with van der Waals surface area (Å²) in [7, 11) is 0. The first-order valence-electron chi connectivity index (χ1n) is 7.45. The van der Waals surface area contributed by atoms with Crippen LogP contribution in [0.1, 0.15) is 37.7 Å². The van der Waals surface area contributed by atoms with E-state index in [1.54, 1.807) is 23.9 Å². The molecule has 118 valence electrons. The number of hydrogen-bond donors (Lipinski definition) is 2. The van der Waals surface area contributed by atoms with Gasteiger partial charge in [0.2, 0.25) is 0 Å². The van der Waals surface area contributed by atoms with E-state index < -0.39 is 0 Å². The zero-order valence-electron chi connectivity index (χ0n) is 13.3. The minimum Gasteiger partial charge on any atom is -0.393 e. The first-order valence-corrected chi connectivity index (χ1v) is 7.45. The molecule has 0 spiro atoms. The van der Waals surface area contributed by atoms with Crippen molar-refractivity contribution in [1.82, 2.24) is 15.1 Å². The molecule has 1 aromatic carbocycles. The minimum absolute atomic E-state index is 0.161. The first kappa shape index (κ1) is 16.2. The number of rotatable bonds is 6. The molecule has 1 atom stereocenters. The molecular weight excluding hydrogens is 278 g/mol. The van der Waals surface area contributed by atoms with Gasteiger partial charge >= 0.3 is 0 Å². The second-order valence-electron chi connectivity index (χ2n) is 6.38. The van der Waals surface area contributed by atoms with Crippen LogP contribution in [0.15, 0.2) is 42.6 Å². The van der Waals surface area contributed by atoms with E-state index in [-0.39, 0.29) is 17.4 Å². The third-order valence-electron chi connectivity index (χ3n) is 3.42. The Morgan fingerprint density at radius 2 is 2.00 bits per heavy atom. The van der Waals surface area contributed by atoms with E-state index in [9.17, 15) is 9.90 Å². The number of aromatic nitrogens is 2. The van der Waals surface area contributed by atoms with Crippen LogP contribution >= 0.6 is 0 Å². The molecule has 0 saturated heterocycles. The van der Waals surface area contributed by atoms with Crippen molar-refractivity contribution in [2.24, 2.45) is 5.41 Å². The standard InChI is InChI=1S/C17H23N3O2/c1-13(21)11-17(2,3)12-18-16(22)15-9-10-20(19-15)14-7-5-4-6-8-14/h4-10,13,21H,11-12H2,1-3H3,(H,18,22). The first-order chi connectivity index (χ1) is 10.4. The lowest BCUT2D eigenvalue weighted by Crippen LogP contribution is -2.35. The molecule has 2 aromatic rings. The summed E-state index contributed by atoms with van der Waals surface area (Å²) in [6.45, 7) is 6.28. The van der Waals surface area contributed by atoms with Crippen LogP contribution in [0.2, 0.25) is 0 Å². The van der Waals surface area contributed by atoms with Gasteiger partial charge in [-0.05, 0) is 37.0 Å². The molecule has 2 N–H and O–H groups in total. The maximum atomic E-state index is 12.2. The molecule has 0 bridgehead atoms. The van der Waals surface area contributed by atoms with E-state index in [0.717, 1.165) is 5.69 Å². The zero-order chi connectivity index (χ0) is 16.2. The van der Waals surface area contributed by atoms with Gasteiger partial charge in [0.05, 0.1) is 11.8 Å². The molecule has 0 aliphatic rings. The summed E-state index contributed by atoms with van der Waals surface area (Å²) in [5.74, 6) is -0.201. The molecular formula is C17H23N3O2. The lowest BCUT2D eigenvalue weighted by atomic mass is 9.87. The average Bonchev–Trinajstić information content (AvgIpc) is 2.94. The number of nitrogens with zero attached hydrogens (tertiary/aromatic N) is 2. The third-order valence-corrected chi connectivity index (χ3v) is 3.42. The molecule has 1 heterocycles. The van der Waals surface area contributed by atoms with Crippen molar-refractivity contribution < 1.29 is 9.90 Å². The Morgan fingerprint density at radius 3 is 2.64 bits per heavy atom. The Balaban J connectivity index is 1.98. The number of amides is 1. The van der Waals surface area contributed by atoms with Gasteiger partial charge in [-0.2, -0.15) is 5.10 Å². The normalized spacial score (nSPS) is 12.9. The van der Waals surface area contributed by atoms with Crippen LogP contribution in [0, 0.1) is 5.41 Å². The van der Waals surface area contributed by atoms with Crippen molar-refractivity contribution in [1.29, 1.82) is 0 Å². The number of carbonyl (C=O) groups is 1. The van der Waals surface area contributed by atoms with Crippen LogP contribution in [0.3, 0.4) is 0 Å². The molecule has 0 saturated carbocycles. The molecule has 0 aliphatic heterocycles. The average molecular weight is 301 g/mol. The van der Waals surface area contributed by atoms with Gasteiger partial charge in [-0.25, -0.2) is 4.68 Å². The van der Waals surface area contributed by atoms with Gasteiger partial charge < -0.3 is 10.4 Å². The van der Waals surface area contributed by atoms with Crippen molar-refractivity contribution in [2.75, 3.05) is 6.54 Å². The number of hydrogen-bond acceptors (Lipinski definition) is 3. The monoisotopic (exact) mass is 301 g/mol. The van der Waals surface area contributed by atoms with E-state index in [2.05, 4.69) is 10.4 Å². The van der Waals surface area contributed by atoms with Crippen molar-refractivity contribution in [3.63, 3.8) is 0 Å². The summed E-state index contributed by atoms with van der Waals surface area (Å²) in [5.41, 5.74) is 1.14. The van der Waals surface area contributed by atoms with Crippen LogP contribution < -0.4 is 5.32 Å². The highest BCUT2D eigenvalue weighted by Gasteiger charge is 2.22. The largest absolute Gasteiger partial charge is 0.393 e. The van der Waals surface area contributed by atoms with Gasteiger partial charge in [0.1, 0.15) is 0 Å². The maximum Gasteiger partial charge on any atom is 0.271 e. The van der Waals surface area contributed by atoms with Gasteiger partial charge in [0, 0.05) is 12.7 Å². The predicted octanol–water partition coefficient (Wildman–Crippen LogP) is 2.40. The summed E-state index contributed by atoms with van der Waals surface area (Å²) in [6.07, 6.45) is 2.01. The fourth-order valence-corrected chi connectivity index (χ4v) is 2.45. The third kappa shape index (κ3) is 4.43. The van der Waals surface area contributed by atoms with Crippen LogP contribution in [-0.2, 0) is 0 Å². The smallest absolute Gasteiger partial charge is 0.271 e. The highest BCUT2D eigenvalue weighted by atomic mass is 16.3. The van der Waals surface area contributed by atoms with E-state index in [1.165, 1.54) is 0 Å². The molecule has 1 unspecified atom stereocenters. The van der Waals surface area contributed by atoms with Crippen LogP contribution in [-0.4, -0.2) is 33.4 Å². The van der Waals surface area contributed by atoms with Gasteiger partial charge in [-0.1, -0.05) is 32.0 Å². The highest BCUT2D eigenvalue weighted by Crippen LogP contribution is 2.21. The number of aliphatic hydroxyl groups excluding tert-OH is 1. The van der Waals surface area contributed by atoms with E-state index >= 15 is 0 Å². The summed E-state index contributed by atoms with van der Waals surface area (Å²) < 4.78 is 1.68. The molecule has 0 radical (unpaired) electrons. The van der Waals surface area contributed by atoms with Gasteiger partial charge in [0.15, 0.2) is 5.69 Å². The SMILES string of the molecule is CC(O)CC(C)(C)CNC(=O)c1ccn(-c2ccccc2)n1. The Bertz CT molecular complexity index is 618. The molecule has 0 aliphatic carbocycles. The molecule has 0 fully saturated rings. The quantitative estimate of drug-likeness (QED) is 0.861. The van der Waals surface area contributed by atoms with Crippen molar-refractivity contribution >= 4 is 5.91 Å². The van der Waals surface area contributed by atoms with Gasteiger partial charge in [0.25, 0.3) is 5.91 Å². The Hall–Kier alpha value is -2.14. The fraction of sp³-hybridized carbons (Fsp3) is 0.412. The molecule has 5 heteroatoms. The highest BCUT2D eigenvalue weighted by molar-refractivity contribution is 5.92.